The van der Waals surface area contributed by atoms with Crippen molar-refractivity contribution >= 4 is 23.5 Å². The molecule has 0 atom stereocenters. The first-order chi connectivity index (χ1) is 16.4. The van der Waals surface area contributed by atoms with E-state index in [1.54, 1.807) is 38.3 Å². The van der Waals surface area contributed by atoms with Crippen LogP contribution in [0.5, 0.6) is 11.5 Å². The number of hydrogen-bond acceptors (Lipinski definition) is 11. The molecular weight excluding hydrogens is 442 g/mol. The van der Waals surface area contributed by atoms with Gasteiger partial charge in [0.05, 0.1) is 31.2 Å². The van der Waals surface area contributed by atoms with Gasteiger partial charge in [0.25, 0.3) is 0 Å². The molecule has 3 heterocycles. The summed E-state index contributed by atoms with van der Waals surface area (Å²) in [5, 5.41) is 16.9. The number of pyridine rings is 2. The lowest BCUT2D eigenvalue weighted by atomic mass is 10.1. The van der Waals surface area contributed by atoms with Crippen LogP contribution >= 0.6 is 0 Å². The van der Waals surface area contributed by atoms with Crippen molar-refractivity contribution in [1.82, 2.24) is 15.0 Å². The van der Waals surface area contributed by atoms with E-state index in [9.17, 15) is 4.79 Å². The van der Waals surface area contributed by atoms with E-state index in [2.05, 4.69) is 20.6 Å². The molecule has 0 aliphatic carbocycles. The predicted molar refractivity (Wildman–Crippen MR) is 127 cm³/mol. The van der Waals surface area contributed by atoms with Gasteiger partial charge in [0.1, 0.15) is 11.9 Å². The van der Waals surface area contributed by atoms with Gasteiger partial charge >= 0.3 is 6.16 Å². The highest BCUT2D eigenvalue weighted by Crippen LogP contribution is 2.37. The molecule has 0 radical (unpaired) electrons. The average molecular weight is 476 g/mol. The normalized spacial score (nSPS) is 14.5. The third-order valence-corrected chi connectivity index (χ3v) is 5.06. The van der Waals surface area contributed by atoms with Crippen molar-refractivity contribution in [3.8, 4) is 11.5 Å². The largest absolute Gasteiger partial charge is 0.528 e. The first kappa shape index (κ1) is 25.3. The highest BCUT2D eigenvalue weighted by molar-refractivity contribution is 5.68. The second kappa shape index (κ2) is 12.2. The molecule has 11 heteroatoms. The predicted octanol–water partition coefficient (Wildman–Crippen LogP) is 3.26. The van der Waals surface area contributed by atoms with Gasteiger partial charge in [-0.05, 0) is 32.9 Å². The van der Waals surface area contributed by atoms with Crippen LogP contribution in [-0.4, -0.2) is 71.9 Å². The van der Waals surface area contributed by atoms with Crippen molar-refractivity contribution in [2.75, 3.05) is 44.0 Å². The van der Waals surface area contributed by atoms with E-state index in [4.69, 9.17) is 24.2 Å². The maximum atomic E-state index is 11.7. The summed E-state index contributed by atoms with van der Waals surface area (Å²) < 4.78 is 16.8. The summed E-state index contributed by atoms with van der Waals surface area (Å²) in [6.45, 7) is 6.97. The fraction of sp³-hybridized carbons (Fsp3) is 0.522. The van der Waals surface area contributed by atoms with Crippen LogP contribution in [0.1, 0.15) is 32.4 Å². The monoisotopic (exact) mass is 475 g/mol. The molecule has 11 nitrogen and oxygen atoms in total. The number of aromatic nitrogens is 2. The van der Waals surface area contributed by atoms with Gasteiger partial charge in [-0.3, -0.25) is 0 Å². The average Bonchev–Trinajstić information content (AvgIpc) is 2.80. The Hall–Kier alpha value is -3.31. The van der Waals surface area contributed by atoms with Crippen molar-refractivity contribution < 1.29 is 28.9 Å². The van der Waals surface area contributed by atoms with Gasteiger partial charge in [0.15, 0.2) is 11.6 Å². The maximum absolute atomic E-state index is 11.7. The molecule has 0 unspecified atom stereocenters. The van der Waals surface area contributed by atoms with E-state index in [-0.39, 0.29) is 18.8 Å². The molecule has 0 saturated carbocycles. The summed E-state index contributed by atoms with van der Waals surface area (Å²) >= 11 is 0. The van der Waals surface area contributed by atoms with Crippen LogP contribution in [0, 0.1) is 6.92 Å². The fourth-order valence-corrected chi connectivity index (χ4v) is 3.45. The minimum atomic E-state index is -0.692. The molecule has 0 amide bonds. The van der Waals surface area contributed by atoms with Gasteiger partial charge in [-0.25, -0.2) is 14.8 Å². The molecule has 0 spiro atoms. The quantitative estimate of drug-likeness (QED) is 0.438. The number of aliphatic hydroxyl groups is 1. The minimum Gasteiger partial charge on any atom is -0.490 e. The number of rotatable bonds is 10. The molecule has 0 aromatic carbocycles. The number of nitrogens with zero attached hydrogens (tertiary/aromatic N) is 3. The molecule has 3 rings (SSSR count). The molecule has 3 N–H and O–H groups in total. The number of aryl methyl sites for hydroxylation is 1. The number of aliphatic hydroxyl groups excluding tert-OH is 1. The van der Waals surface area contributed by atoms with Gasteiger partial charge in [0, 0.05) is 44.7 Å². The van der Waals surface area contributed by atoms with Gasteiger partial charge in [-0.1, -0.05) is 0 Å². The van der Waals surface area contributed by atoms with Crippen LogP contribution in [0.15, 0.2) is 24.4 Å². The van der Waals surface area contributed by atoms with E-state index in [1.165, 1.54) is 0 Å². The SMILES string of the molecule is COc1c(OC2CCN(OC(=O)OC(C)C)CC2)ccnc1Nc1ccc(NCCO)nc1C. The Bertz CT molecular complexity index is 949. The Kier molecular flexibility index (Phi) is 9.11. The Labute approximate surface area is 199 Å². The van der Waals surface area contributed by atoms with Crippen LogP contribution < -0.4 is 20.1 Å². The number of ether oxygens (including phenoxy) is 3. The summed E-state index contributed by atoms with van der Waals surface area (Å²) in [7, 11) is 1.57. The number of anilines is 3. The molecule has 1 aliphatic rings. The first-order valence-electron chi connectivity index (χ1n) is 11.3. The lowest BCUT2D eigenvalue weighted by Crippen LogP contribution is -2.39. The van der Waals surface area contributed by atoms with Crippen LogP contribution in [-0.2, 0) is 9.57 Å². The van der Waals surface area contributed by atoms with Crippen LogP contribution in [0.2, 0.25) is 0 Å². The van der Waals surface area contributed by atoms with E-state index >= 15 is 0 Å². The summed E-state index contributed by atoms with van der Waals surface area (Å²) in [5.74, 6) is 2.26. The van der Waals surface area contributed by atoms with Crippen LogP contribution in [0.25, 0.3) is 0 Å². The zero-order valence-corrected chi connectivity index (χ0v) is 20.0. The Morgan fingerprint density at radius 2 is 2.03 bits per heavy atom. The fourth-order valence-electron chi connectivity index (χ4n) is 3.45. The Morgan fingerprint density at radius 1 is 1.26 bits per heavy atom. The number of carbonyl (C=O) groups is 1. The second-order valence-electron chi connectivity index (χ2n) is 8.05. The zero-order valence-electron chi connectivity index (χ0n) is 20.0. The number of hydrogen-bond donors (Lipinski definition) is 3. The molecule has 1 fully saturated rings. The molecule has 0 bridgehead atoms. The molecule has 2 aromatic rings. The molecule has 1 aliphatic heterocycles. The third-order valence-electron chi connectivity index (χ3n) is 5.06. The highest BCUT2D eigenvalue weighted by Gasteiger charge is 2.25. The second-order valence-corrected chi connectivity index (χ2v) is 8.05. The molecule has 2 aromatic heterocycles. The first-order valence-corrected chi connectivity index (χ1v) is 11.3. The Morgan fingerprint density at radius 3 is 2.68 bits per heavy atom. The van der Waals surface area contributed by atoms with Crippen molar-refractivity contribution in [3.63, 3.8) is 0 Å². The standard InChI is InChI=1S/C23H33N5O6/c1-15(2)32-23(30)34-28-12-8-17(9-13-28)33-19-7-10-25-22(21(19)31-4)27-18-5-6-20(24-11-14-29)26-16(18)3/h5-7,10,15,17,29H,8-9,11-14H2,1-4H3,(H,24,26)(H,25,27). The van der Waals surface area contributed by atoms with E-state index in [0.29, 0.717) is 55.6 Å². The zero-order chi connectivity index (χ0) is 24.5. The molecular formula is C23H33N5O6. The van der Waals surface area contributed by atoms with Crippen molar-refractivity contribution in [2.24, 2.45) is 0 Å². The van der Waals surface area contributed by atoms with Gasteiger partial charge < -0.3 is 34.8 Å². The van der Waals surface area contributed by atoms with E-state index in [1.807, 2.05) is 19.1 Å². The number of methoxy groups -OCH3 is 1. The smallest absolute Gasteiger partial charge is 0.490 e. The topological polar surface area (TPSA) is 127 Å². The van der Waals surface area contributed by atoms with E-state index in [0.717, 1.165) is 11.4 Å². The van der Waals surface area contributed by atoms with Crippen LogP contribution in [0.4, 0.5) is 22.1 Å². The van der Waals surface area contributed by atoms with Crippen molar-refractivity contribution in [1.29, 1.82) is 0 Å². The number of hydroxylamine groups is 2. The number of piperidine rings is 1. The molecule has 34 heavy (non-hydrogen) atoms. The van der Waals surface area contributed by atoms with Crippen LogP contribution in [0.3, 0.4) is 0 Å². The third kappa shape index (κ3) is 7.09. The maximum Gasteiger partial charge on any atom is 0.528 e. The van der Waals surface area contributed by atoms with Gasteiger partial charge in [-0.15, -0.1) is 5.06 Å². The molecule has 186 valence electrons. The minimum absolute atomic E-state index is 0.0331. The van der Waals surface area contributed by atoms with E-state index < -0.39 is 6.16 Å². The van der Waals surface area contributed by atoms with Crippen molar-refractivity contribution in [3.05, 3.63) is 30.1 Å². The number of carbonyl (C=O) groups excluding carboxylic acids is 1. The lowest BCUT2D eigenvalue weighted by molar-refractivity contribution is -0.151. The van der Waals surface area contributed by atoms with Crippen molar-refractivity contribution in [2.45, 2.75) is 45.8 Å². The highest BCUT2D eigenvalue weighted by atomic mass is 16.8. The summed E-state index contributed by atoms with van der Waals surface area (Å²) in [5.41, 5.74) is 1.54. The molecule has 1 saturated heterocycles. The Balaban J connectivity index is 1.62. The number of nitrogens with one attached hydrogen (secondary N) is 2. The lowest BCUT2D eigenvalue weighted by Gasteiger charge is -2.30. The summed E-state index contributed by atoms with van der Waals surface area (Å²) in [6.07, 6.45) is 2.02. The van der Waals surface area contributed by atoms with Gasteiger partial charge in [-0.2, -0.15) is 0 Å². The summed E-state index contributed by atoms with van der Waals surface area (Å²) in [6, 6.07) is 5.47. The summed E-state index contributed by atoms with van der Waals surface area (Å²) in [4.78, 5) is 25.8. The van der Waals surface area contributed by atoms with Gasteiger partial charge in [0.2, 0.25) is 5.75 Å².